The van der Waals surface area contributed by atoms with Crippen LogP contribution in [0.4, 0.5) is 18.9 Å². The summed E-state index contributed by atoms with van der Waals surface area (Å²) < 4.78 is 47.3. The van der Waals surface area contributed by atoms with Gasteiger partial charge in [0.1, 0.15) is 11.8 Å². The maximum absolute atomic E-state index is 14.1. The number of nitrogens with zero attached hydrogens (tertiary/aromatic N) is 3. The van der Waals surface area contributed by atoms with Crippen LogP contribution in [0, 0.1) is 5.92 Å². The number of hydrogen-bond acceptors (Lipinski definition) is 7. The van der Waals surface area contributed by atoms with Crippen LogP contribution in [-0.4, -0.2) is 58.7 Å². The number of anilines is 1. The average Bonchev–Trinajstić information content (AvgIpc) is 3.43. The van der Waals surface area contributed by atoms with E-state index >= 15 is 0 Å². The van der Waals surface area contributed by atoms with Gasteiger partial charge < -0.3 is 9.64 Å². The van der Waals surface area contributed by atoms with E-state index in [1.54, 1.807) is 4.90 Å². The SMILES string of the molecule is CC(C)(C)c1ccc([C@H]2c3sc(=O)n(CC(=O)N4CCOCC4)c3SC3C(=O)N(c4cccc(C(F)(F)F)c4)C(=O)C32)cc1. The molecule has 44 heavy (non-hydrogen) atoms. The topological polar surface area (TPSA) is 88.9 Å². The zero-order chi connectivity index (χ0) is 31.6. The molecule has 3 aliphatic heterocycles. The number of alkyl halides is 3. The van der Waals surface area contributed by atoms with Gasteiger partial charge in [-0.2, -0.15) is 13.2 Å². The van der Waals surface area contributed by atoms with Gasteiger partial charge >= 0.3 is 11.0 Å². The van der Waals surface area contributed by atoms with Gasteiger partial charge in [-0.1, -0.05) is 74.2 Å². The number of hydrogen-bond donors (Lipinski definition) is 0. The van der Waals surface area contributed by atoms with Crippen LogP contribution < -0.4 is 9.77 Å². The van der Waals surface area contributed by atoms with E-state index in [4.69, 9.17) is 4.74 Å². The Hall–Kier alpha value is -3.42. The Bertz CT molecular complexity index is 1690. The number of carbonyl (C=O) groups is 3. The first-order valence-corrected chi connectivity index (χ1v) is 15.9. The molecule has 0 bridgehead atoms. The molecular formula is C31H30F3N3O5S2. The third-order valence-corrected chi connectivity index (χ3v) is 10.9. The van der Waals surface area contributed by atoms with Crippen molar-refractivity contribution in [1.82, 2.24) is 9.47 Å². The number of rotatable bonds is 4. The summed E-state index contributed by atoms with van der Waals surface area (Å²) in [5.41, 5.74) is 0.470. The van der Waals surface area contributed by atoms with Crippen molar-refractivity contribution in [3.63, 3.8) is 0 Å². The van der Waals surface area contributed by atoms with E-state index in [1.807, 2.05) is 24.3 Å². The minimum atomic E-state index is -4.66. The summed E-state index contributed by atoms with van der Waals surface area (Å²) in [7, 11) is 0. The molecule has 0 spiro atoms. The van der Waals surface area contributed by atoms with Crippen molar-refractivity contribution in [2.45, 2.75) is 55.1 Å². The van der Waals surface area contributed by atoms with E-state index in [9.17, 15) is 32.3 Å². The fourth-order valence-corrected chi connectivity index (χ4v) is 8.70. The third-order valence-electron chi connectivity index (χ3n) is 8.27. The number of halogens is 3. The van der Waals surface area contributed by atoms with Gasteiger partial charge in [0.25, 0.3) is 0 Å². The Labute approximate surface area is 259 Å². The summed E-state index contributed by atoms with van der Waals surface area (Å²) in [6.45, 7) is 7.57. The van der Waals surface area contributed by atoms with Gasteiger partial charge in [0.2, 0.25) is 17.7 Å². The van der Waals surface area contributed by atoms with Crippen LogP contribution >= 0.6 is 23.1 Å². The molecule has 0 aliphatic carbocycles. The molecule has 0 radical (unpaired) electrons. The highest BCUT2D eigenvalue weighted by atomic mass is 32.2. The molecule has 4 heterocycles. The van der Waals surface area contributed by atoms with Crippen LogP contribution in [0.5, 0.6) is 0 Å². The first-order chi connectivity index (χ1) is 20.8. The number of thioether (sulfide) groups is 1. The van der Waals surface area contributed by atoms with Gasteiger partial charge in [-0.3, -0.25) is 23.7 Å². The second kappa shape index (κ2) is 11.2. The van der Waals surface area contributed by atoms with E-state index in [0.717, 1.165) is 45.7 Å². The molecule has 0 saturated carbocycles. The summed E-state index contributed by atoms with van der Waals surface area (Å²) in [6, 6.07) is 11.8. The molecule has 0 N–H and O–H groups in total. The van der Waals surface area contributed by atoms with Crippen molar-refractivity contribution in [3.05, 3.63) is 79.8 Å². The van der Waals surface area contributed by atoms with Gasteiger partial charge in [0.15, 0.2) is 0 Å². The highest BCUT2D eigenvalue weighted by molar-refractivity contribution is 8.00. The van der Waals surface area contributed by atoms with E-state index in [0.29, 0.717) is 41.8 Å². The lowest BCUT2D eigenvalue weighted by molar-refractivity contribution is -0.138. The first kappa shape index (κ1) is 30.6. The number of fused-ring (bicyclic) bond motifs is 2. The molecule has 3 atom stereocenters. The summed E-state index contributed by atoms with van der Waals surface area (Å²) in [5.74, 6) is -3.22. The van der Waals surface area contributed by atoms with Crippen molar-refractivity contribution in [1.29, 1.82) is 0 Å². The summed E-state index contributed by atoms with van der Waals surface area (Å²) in [6.07, 6.45) is -4.66. The van der Waals surface area contributed by atoms with Crippen molar-refractivity contribution < 1.29 is 32.3 Å². The Kier molecular flexibility index (Phi) is 7.78. The number of ether oxygens (including phenoxy) is 1. The standard InChI is InChI=1S/C31H30F3N3O5S2/c1-30(2,3)18-9-7-17(8-10-18)22-23-24(27(40)37(26(23)39)20-6-4-5-19(15-20)31(32,33)34)43-28-25(22)44-29(41)36(28)16-21(38)35-11-13-42-14-12-35/h4-10,15,22-24H,11-14,16H2,1-3H3/t22-,23?,24?/m1/s1. The van der Waals surface area contributed by atoms with Crippen molar-refractivity contribution in [2.24, 2.45) is 5.92 Å². The second-order valence-corrected chi connectivity index (χ2v) is 14.2. The molecular weight excluding hydrogens is 615 g/mol. The number of thiazole rings is 1. The average molecular weight is 646 g/mol. The zero-order valence-electron chi connectivity index (χ0n) is 24.2. The molecule has 13 heteroatoms. The van der Waals surface area contributed by atoms with Crippen LogP contribution in [0.1, 0.15) is 48.3 Å². The van der Waals surface area contributed by atoms with Crippen molar-refractivity contribution in [2.75, 3.05) is 31.2 Å². The lowest BCUT2D eigenvalue weighted by atomic mass is 9.81. The smallest absolute Gasteiger partial charge is 0.378 e. The Morgan fingerprint density at radius 3 is 2.27 bits per heavy atom. The summed E-state index contributed by atoms with van der Waals surface area (Å²) in [5, 5.41) is -0.574. The quantitative estimate of drug-likeness (QED) is 0.376. The number of amides is 3. The maximum Gasteiger partial charge on any atom is 0.416 e. The molecule has 2 saturated heterocycles. The Morgan fingerprint density at radius 1 is 0.955 bits per heavy atom. The minimum Gasteiger partial charge on any atom is -0.378 e. The summed E-state index contributed by atoms with van der Waals surface area (Å²) >= 11 is 1.97. The largest absolute Gasteiger partial charge is 0.416 e. The first-order valence-electron chi connectivity index (χ1n) is 14.2. The molecule has 3 aliphatic rings. The lowest BCUT2D eigenvalue weighted by Crippen LogP contribution is -2.43. The van der Waals surface area contributed by atoms with Crippen molar-refractivity contribution in [3.8, 4) is 0 Å². The molecule has 3 amide bonds. The molecule has 6 rings (SSSR count). The van der Waals surface area contributed by atoms with Crippen LogP contribution in [0.2, 0.25) is 0 Å². The van der Waals surface area contributed by atoms with Gasteiger partial charge in [-0.05, 0) is 34.7 Å². The lowest BCUT2D eigenvalue weighted by Gasteiger charge is -2.31. The predicted octanol–water partition coefficient (Wildman–Crippen LogP) is 4.88. The van der Waals surface area contributed by atoms with Gasteiger partial charge in [0, 0.05) is 23.9 Å². The fraction of sp³-hybridized carbons (Fsp3) is 0.419. The Morgan fingerprint density at radius 2 is 1.64 bits per heavy atom. The second-order valence-electron chi connectivity index (χ2n) is 12.1. The molecule has 8 nitrogen and oxygen atoms in total. The molecule has 2 fully saturated rings. The van der Waals surface area contributed by atoms with Crippen LogP contribution in [0.25, 0.3) is 0 Å². The van der Waals surface area contributed by atoms with Crippen LogP contribution in [-0.2, 0) is 37.3 Å². The number of carbonyl (C=O) groups excluding carboxylic acids is 3. The van der Waals surface area contributed by atoms with E-state index in [1.165, 1.54) is 16.7 Å². The van der Waals surface area contributed by atoms with Crippen LogP contribution in [0.15, 0.2) is 58.4 Å². The third kappa shape index (κ3) is 5.39. The Balaban J connectivity index is 1.44. The monoisotopic (exact) mass is 645 g/mol. The van der Waals surface area contributed by atoms with Gasteiger partial charge in [-0.25, -0.2) is 4.90 Å². The molecule has 2 aromatic carbocycles. The molecule has 232 valence electrons. The number of imide groups is 1. The predicted molar refractivity (Wildman–Crippen MR) is 160 cm³/mol. The highest BCUT2D eigenvalue weighted by Gasteiger charge is 2.57. The van der Waals surface area contributed by atoms with E-state index in [2.05, 4.69) is 20.8 Å². The number of benzene rings is 2. The summed E-state index contributed by atoms with van der Waals surface area (Å²) in [4.78, 5) is 57.1. The maximum atomic E-state index is 14.1. The van der Waals surface area contributed by atoms with E-state index in [-0.39, 0.29) is 28.4 Å². The van der Waals surface area contributed by atoms with Gasteiger partial charge in [0.05, 0.1) is 35.4 Å². The normalized spacial score (nSPS) is 22.3. The molecule has 2 unspecified atom stereocenters. The van der Waals surface area contributed by atoms with E-state index < -0.39 is 40.6 Å². The van der Waals surface area contributed by atoms with Crippen molar-refractivity contribution >= 4 is 46.5 Å². The fourth-order valence-electron chi connectivity index (χ4n) is 5.93. The molecule has 1 aromatic heterocycles. The number of aromatic nitrogens is 1. The van der Waals surface area contributed by atoms with Crippen LogP contribution in [0.3, 0.4) is 0 Å². The van der Waals surface area contributed by atoms with Gasteiger partial charge in [-0.15, -0.1) is 0 Å². The minimum absolute atomic E-state index is 0.151. The number of morpholine rings is 1. The zero-order valence-corrected chi connectivity index (χ0v) is 25.9. The highest BCUT2D eigenvalue weighted by Crippen LogP contribution is 2.54. The molecule has 3 aromatic rings.